The van der Waals surface area contributed by atoms with Crippen molar-refractivity contribution in [3.8, 4) is 0 Å². The molecule has 2 fully saturated rings. The van der Waals surface area contributed by atoms with Gasteiger partial charge in [-0.3, -0.25) is 9.62 Å². The molecule has 4 rings (SSSR count). The Hall–Kier alpha value is -1.56. The van der Waals surface area contributed by atoms with Gasteiger partial charge in [0, 0.05) is 30.6 Å². The summed E-state index contributed by atoms with van der Waals surface area (Å²) in [7, 11) is -3.26. The van der Waals surface area contributed by atoms with Crippen LogP contribution in [0.1, 0.15) is 18.1 Å². The maximum absolute atomic E-state index is 11.5. The standard InChI is InChI=1S/C21H25ClN2O2S/c1-21(16-9-6-10-17(12-16)23-27(2,25)26)18-13-24(14-19(18)21)20(22)11-15-7-4-3-5-8-15/h3-10,12,18-20,23H,11,13-14H2,1-2H3. The van der Waals surface area contributed by atoms with Gasteiger partial charge in [0.1, 0.15) is 0 Å². The second-order valence-electron chi connectivity index (χ2n) is 8.03. The van der Waals surface area contributed by atoms with Gasteiger partial charge in [0.05, 0.1) is 11.8 Å². The Labute approximate surface area is 166 Å². The van der Waals surface area contributed by atoms with Crippen LogP contribution in [0.2, 0.25) is 0 Å². The van der Waals surface area contributed by atoms with Crippen LogP contribution in [-0.4, -0.2) is 38.2 Å². The number of fused-ring (bicyclic) bond motifs is 1. The second kappa shape index (κ2) is 6.80. The van der Waals surface area contributed by atoms with Crippen LogP contribution in [-0.2, 0) is 21.9 Å². The minimum Gasteiger partial charge on any atom is -0.287 e. The van der Waals surface area contributed by atoms with Crippen LogP contribution in [0, 0.1) is 11.8 Å². The first-order valence-corrected chi connectivity index (χ1v) is 11.6. The van der Waals surface area contributed by atoms with Crippen LogP contribution in [0.4, 0.5) is 5.69 Å². The highest BCUT2D eigenvalue weighted by atomic mass is 35.5. The lowest BCUT2D eigenvalue weighted by Gasteiger charge is -2.28. The number of nitrogens with one attached hydrogen (secondary N) is 1. The van der Waals surface area contributed by atoms with E-state index in [0.29, 0.717) is 17.5 Å². The summed E-state index contributed by atoms with van der Waals surface area (Å²) in [6, 6.07) is 18.2. The topological polar surface area (TPSA) is 49.4 Å². The van der Waals surface area contributed by atoms with Crippen LogP contribution >= 0.6 is 11.6 Å². The van der Waals surface area contributed by atoms with Crippen molar-refractivity contribution in [3.05, 3.63) is 65.7 Å². The minimum absolute atomic E-state index is 0.0164. The molecule has 2 aromatic carbocycles. The fourth-order valence-electron chi connectivity index (χ4n) is 4.64. The Bertz CT molecular complexity index is 920. The van der Waals surface area contributed by atoms with E-state index in [2.05, 4.69) is 46.9 Å². The van der Waals surface area contributed by atoms with Gasteiger partial charge in [-0.25, -0.2) is 8.42 Å². The van der Waals surface area contributed by atoms with Crippen LogP contribution < -0.4 is 4.72 Å². The normalized spacial score (nSPS) is 28.6. The molecule has 3 unspecified atom stereocenters. The Kier molecular flexibility index (Phi) is 4.73. The summed E-state index contributed by atoms with van der Waals surface area (Å²) in [5.74, 6) is 1.14. The minimum atomic E-state index is -3.26. The number of likely N-dealkylation sites (tertiary alicyclic amines) is 1. The van der Waals surface area contributed by atoms with Gasteiger partial charge >= 0.3 is 0 Å². The average molecular weight is 405 g/mol. The summed E-state index contributed by atoms with van der Waals surface area (Å²) >= 11 is 6.69. The Balaban J connectivity index is 1.42. The van der Waals surface area contributed by atoms with Crippen molar-refractivity contribution in [3.63, 3.8) is 0 Å². The van der Waals surface area contributed by atoms with Crippen molar-refractivity contribution in [2.45, 2.75) is 24.3 Å². The number of sulfonamides is 1. The third-order valence-corrected chi connectivity index (χ3v) is 7.25. The SMILES string of the molecule is CC1(c2cccc(NS(C)(=O)=O)c2)C2CN(C(Cl)Cc3ccccc3)CC21. The van der Waals surface area contributed by atoms with Crippen LogP contribution in [0.5, 0.6) is 0 Å². The van der Waals surface area contributed by atoms with Crippen molar-refractivity contribution in [2.75, 3.05) is 24.1 Å². The lowest BCUT2D eigenvalue weighted by Crippen LogP contribution is -2.35. The molecule has 3 atom stereocenters. The van der Waals surface area contributed by atoms with E-state index in [9.17, 15) is 8.42 Å². The molecular formula is C21H25ClN2O2S. The van der Waals surface area contributed by atoms with Gasteiger partial charge in [0.25, 0.3) is 0 Å². The van der Waals surface area contributed by atoms with Crippen molar-refractivity contribution in [1.82, 2.24) is 4.90 Å². The van der Waals surface area contributed by atoms with Gasteiger partial charge in [0.15, 0.2) is 0 Å². The zero-order valence-electron chi connectivity index (χ0n) is 15.6. The predicted octanol–water partition coefficient (Wildman–Crippen LogP) is 3.69. The van der Waals surface area contributed by atoms with Crippen molar-refractivity contribution >= 4 is 27.3 Å². The predicted molar refractivity (Wildman–Crippen MR) is 111 cm³/mol. The molecule has 144 valence electrons. The summed E-state index contributed by atoms with van der Waals surface area (Å²) in [5, 5.41) is 0. The highest BCUT2D eigenvalue weighted by Crippen LogP contribution is 2.63. The van der Waals surface area contributed by atoms with Gasteiger partial charge < -0.3 is 0 Å². The van der Waals surface area contributed by atoms with Crippen molar-refractivity contribution in [1.29, 1.82) is 0 Å². The molecule has 0 bridgehead atoms. The van der Waals surface area contributed by atoms with E-state index in [1.807, 2.05) is 18.2 Å². The number of nitrogens with zero attached hydrogens (tertiary/aromatic N) is 1. The first-order chi connectivity index (χ1) is 12.8. The Morgan fingerprint density at radius 2 is 1.81 bits per heavy atom. The van der Waals surface area contributed by atoms with Gasteiger partial charge in [-0.1, -0.05) is 49.4 Å². The summed E-state index contributed by atoms with van der Waals surface area (Å²) in [4.78, 5) is 2.38. The molecule has 6 heteroatoms. The van der Waals surface area contributed by atoms with Crippen LogP contribution in [0.25, 0.3) is 0 Å². The highest BCUT2D eigenvalue weighted by Gasteiger charge is 2.66. The highest BCUT2D eigenvalue weighted by molar-refractivity contribution is 7.92. The third kappa shape index (κ3) is 3.73. The van der Waals surface area contributed by atoms with E-state index in [1.165, 1.54) is 17.4 Å². The smallest absolute Gasteiger partial charge is 0.229 e. The molecule has 0 amide bonds. The molecule has 1 heterocycles. The molecule has 1 aliphatic carbocycles. The molecule has 27 heavy (non-hydrogen) atoms. The fraction of sp³-hybridized carbons (Fsp3) is 0.429. The first-order valence-electron chi connectivity index (χ1n) is 9.28. The lowest BCUT2D eigenvalue weighted by molar-refractivity contribution is 0.255. The van der Waals surface area contributed by atoms with Gasteiger partial charge in [-0.2, -0.15) is 0 Å². The van der Waals surface area contributed by atoms with Crippen LogP contribution in [0.3, 0.4) is 0 Å². The number of halogens is 1. The monoisotopic (exact) mass is 404 g/mol. The molecule has 4 nitrogen and oxygen atoms in total. The number of anilines is 1. The molecule has 1 N–H and O–H groups in total. The summed E-state index contributed by atoms with van der Waals surface area (Å²) in [6.45, 7) is 4.28. The maximum Gasteiger partial charge on any atom is 0.229 e. The molecule has 1 aliphatic heterocycles. The molecule has 1 saturated carbocycles. The Morgan fingerprint density at radius 1 is 1.15 bits per heavy atom. The molecule has 2 aliphatic rings. The molecule has 0 radical (unpaired) electrons. The molecule has 0 spiro atoms. The van der Waals surface area contributed by atoms with E-state index in [0.717, 1.165) is 19.5 Å². The van der Waals surface area contributed by atoms with Gasteiger partial charge in [0.2, 0.25) is 10.0 Å². The van der Waals surface area contributed by atoms with E-state index >= 15 is 0 Å². The number of piperidine rings is 1. The first kappa shape index (κ1) is 18.8. The van der Waals surface area contributed by atoms with E-state index in [1.54, 1.807) is 6.07 Å². The molecular weight excluding hydrogens is 380 g/mol. The number of alkyl halides is 1. The number of hydrogen-bond donors (Lipinski definition) is 1. The summed E-state index contributed by atoms with van der Waals surface area (Å²) in [6.07, 6.45) is 2.03. The van der Waals surface area contributed by atoms with E-state index in [-0.39, 0.29) is 10.9 Å². The maximum atomic E-state index is 11.5. The molecule has 1 saturated heterocycles. The molecule has 0 aromatic heterocycles. The van der Waals surface area contributed by atoms with Crippen molar-refractivity contribution in [2.24, 2.45) is 11.8 Å². The zero-order valence-corrected chi connectivity index (χ0v) is 17.2. The molecule has 2 aromatic rings. The van der Waals surface area contributed by atoms with Gasteiger partial charge in [-0.15, -0.1) is 11.6 Å². The largest absolute Gasteiger partial charge is 0.287 e. The summed E-state index contributed by atoms with van der Waals surface area (Å²) in [5.41, 5.74) is 3.23. The lowest BCUT2D eigenvalue weighted by atomic mass is 9.92. The second-order valence-corrected chi connectivity index (χ2v) is 10.3. The number of rotatable bonds is 6. The Morgan fingerprint density at radius 3 is 2.44 bits per heavy atom. The van der Waals surface area contributed by atoms with E-state index in [4.69, 9.17) is 11.6 Å². The number of hydrogen-bond acceptors (Lipinski definition) is 3. The quantitative estimate of drug-likeness (QED) is 0.590. The van der Waals surface area contributed by atoms with Crippen molar-refractivity contribution < 1.29 is 8.42 Å². The number of benzene rings is 2. The summed E-state index contributed by atoms with van der Waals surface area (Å²) < 4.78 is 25.6. The average Bonchev–Trinajstić information content (AvgIpc) is 2.97. The third-order valence-electron chi connectivity index (χ3n) is 6.21. The fourth-order valence-corrected chi connectivity index (χ4v) is 5.53. The zero-order chi connectivity index (χ0) is 19.2. The van der Waals surface area contributed by atoms with Crippen LogP contribution in [0.15, 0.2) is 54.6 Å². The van der Waals surface area contributed by atoms with Gasteiger partial charge in [-0.05, 0) is 35.1 Å². The van der Waals surface area contributed by atoms with E-state index < -0.39 is 10.0 Å².